The van der Waals surface area contributed by atoms with E-state index in [1.54, 1.807) is 0 Å². The van der Waals surface area contributed by atoms with Gasteiger partial charge in [-0.2, -0.15) is 23.5 Å². The minimum absolute atomic E-state index is 0.452. The van der Waals surface area contributed by atoms with Crippen LogP contribution in [-0.2, 0) is 0 Å². The summed E-state index contributed by atoms with van der Waals surface area (Å²) in [6.07, 6.45) is 2.60. The molecule has 0 aliphatic rings. The van der Waals surface area contributed by atoms with Crippen molar-refractivity contribution < 1.29 is 0 Å². The Morgan fingerprint density at radius 3 is 2.06 bits per heavy atom. The average molecular weight is 263 g/mol. The number of hydrogen-bond acceptors (Lipinski definition) is 2. The summed E-state index contributed by atoms with van der Waals surface area (Å²) in [5.41, 5.74) is 0. The normalized spacial score (nSPS) is 16.5. The van der Waals surface area contributed by atoms with Gasteiger partial charge in [0.15, 0.2) is 0 Å². The lowest BCUT2D eigenvalue weighted by Crippen LogP contribution is -2.18. The summed E-state index contributed by atoms with van der Waals surface area (Å²) in [5, 5.41) is 1.60. The highest BCUT2D eigenvalue weighted by Gasteiger charge is 2.19. The maximum Gasteiger partial charge on any atom is 0.0103 e. The Morgan fingerprint density at radius 1 is 1.06 bits per heavy atom. The fourth-order valence-electron chi connectivity index (χ4n) is 1.30. The lowest BCUT2D eigenvalue weighted by atomic mass is 10.1. The third kappa shape index (κ3) is 7.89. The summed E-state index contributed by atoms with van der Waals surface area (Å²) in [6, 6.07) is 0. The molecular weight excluding hydrogens is 232 g/mol. The molecule has 0 aromatic heterocycles. The van der Waals surface area contributed by atoms with E-state index in [1.165, 1.54) is 18.6 Å². The predicted molar refractivity (Wildman–Crippen MR) is 82.8 cm³/mol. The minimum atomic E-state index is 0.452. The van der Waals surface area contributed by atoms with Gasteiger partial charge >= 0.3 is 0 Å². The van der Waals surface area contributed by atoms with E-state index >= 15 is 0 Å². The van der Waals surface area contributed by atoms with Gasteiger partial charge in [0, 0.05) is 15.2 Å². The molecule has 2 heteroatoms. The molecular formula is C14H30S2. The molecule has 0 bridgehead atoms. The van der Waals surface area contributed by atoms with Crippen molar-refractivity contribution in [1.82, 2.24) is 0 Å². The molecule has 0 heterocycles. The molecule has 0 saturated heterocycles. The van der Waals surface area contributed by atoms with Crippen molar-refractivity contribution >= 4 is 23.5 Å². The van der Waals surface area contributed by atoms with Crippen LogP contribution in [-0.4, -0.2) is 21.0 Å². The van der Waals surface area contributed by atoms with Gasteiger partial charge in [-0.15, -0.1) is 0 Å². The molecule has 0 aromatic rings. The molecule has 0 aromatic carbocycles. The second-order valence-corrected chi connectivity index (χ2v) is 9.28. The van der Waals surface area contributed by atoms with Gasteiger partial charge in [-0.05, 0) is 24.5 Å². The molecule has 0 aliphatic carbocycles. The Bertz CT molecular complexity index is 176. The SMILES string of the molecule is CCC(C)(C)SC(C)CCSC(C)C(C)C. The Labute approximate surface area is 112 Å². The summed E-state index contributed by atoms with van der Waals surface area (Å²) < 4.78 is 0.452. The average Bonchev–Trinajstić information content (AvgIpc) is 2.16. The van der Waals surface area contributed by atoms with Gasteiger partial charge in [0.2, 0.25) is 0 Å². The van der Waals surface area contributed by atoms with Crippen LogP contribution in [0, 0.1) is 5.92 Å². The van der Waals surface area contributed by atoms with Crippen LogP contribution in [0.15, 0.2) is 0 Å². The van der Waals surface area contributed by atoms with Crippen molar-refractivity contribution in [2.45, 2.75) is 76.6 Å². The number of rotatable bonds is 8. The van der Waals surface area contributed by atoms with E-state index in [9.17, 15) is 0 Å². The van der Waals surface area contributed by atoms with Gasteiger partial charge in [0.25, 0.3) is 0 Å². The molecule has 0 radical (unpaired) electrons. The first kappa shape index (κ1) is 16.7. The molecule has 16 heavy (non-hydrogen) atoms. The van der Waals surface area contributed by atoms with Crippen molar-refractivity contribution in [3.05, 3.63) is 0 Å². The molecule has 98 valence electrons. The maximum absolute atomic E-state index is 2.38. The van der Waals surface area contributed by atoms with Crippen LogP contribution < -0.4 is 0 Å². The smallest absolute Gasteiger partial charge is 0.0103 e. The molecule has 0 rings (SSSR count). The highest BCUT2D eigenvalue weighted by Crippen LogP contribution is 2.33. The molecule has 0 amide bonds. The third-order valence-electron chi connectivity index (χ3n) is 3.22. The maximum atomic E-state index is 2.38. The molecule has 0 nitrogen and oxygen atoms in total. The summed E-state index contributed by atoms with van der Waals surface area (Å²) in [4.78, 5) is 0. The molecule has 0 saturated carbocycles. The molecule has 2 atom stereocenters. The Hall–Kier alpha value is 0.700. The van der Waals surface area contributed by atoms with E-state index in [1.807, 2.05) is 0 Å². The zero-order chi connectivity index (χ0) is 12.8. The van der Waals surface area contributed by atoms with Crippen molar-refractivity contribution in [2.24, 2.45) is 5.92 Å². The molecule has 0 aliphatic heterocycles. The van der Waals surface area contributed by atoms with Crippen molar-refractivity contribution in [2.75, 3.05) is 5.75 Å². The van der Waals surface area contributed by atoms with Gasteiger partial charge in [0.1, 0.15) is 0 Å². The van der Waals surface area contributed by atoms with E-state index < -0.39 is 0 Å². The topological polar surface area (TPSA) is 0 Å². The van der Waals surface area contributed by atoms with E-state index in [2.05, 4.69) is 72.0 Å². The second-order valence-electron chi connectivity index (χ2n) is 5.65. The van der Waals surface area contributed by atoms with Crippen LogP contribution in [0.5, 0.6) is 0 Å². The van der Waals surface area contributed by atoms with Crippen LogP contribution in [0.4, 0.5) is 0 Å². The van der Waals surface area contributed by atoms with Crippen molar-refractivity contribution in [3.8, 4) is 0 Å². The van der Waals surface area contributed by atoms with Gasteiger partial charge < -0.3 is 0 Å². The monoisotopic (exact) mass is 262 g/mol. The van der Waals surface area contributed by atoms with E-state index in [0.29, 0.717) is 4.75 Å². The Balaban J connectivity index is 3.70. The van der Waals surface area contributed by atoms with Crippen LogP contribution in [0.25, 0.3) is 0 Å². The molecule has 0 spiro atoms. The molecule has 0 fully saturated rings. The first-order valence-electron chi connectivity index (χ1n) is 6.58. The molecule has 2 unspecified atom stereocenters. The summed E-state index contributed by atoms with van der Waals surface area (Å²) in [5.74, 6) is 2.12. The van der Waals surface area contributed by atoms with E-state index in [4.69, 9.17) is 0 Å². The zero-order valence-corrected chi connectivity index (χ0v) is 13.8. The van der Waals surface area contributed by atoms with Crippen molar-refractivity contribution in [1.29, 1.82) is 0 Å². The van der Waals surface area contributed by atoms with Crippen LogP contribution in [0.2, 0.25) is 0 Å². The Morgan fingerprint density at radius 2 is 1.62 bits per heavy atom. The van der Waals surface area contributed by atoms with Crippen LogP contribution in [0.1, 0.15) is 61.3 Å². The number of thioether (sulfide) groups is 2. The lowest BCUT2D eigenvalue weighted by Gasteiger charge is -2.26. The summed E-state index contributed by atoms with van der Waals surface area (Å²) in [7, 11) is 0. The standard InChI is InChI=1S/C14H30S2/c1-8-14(6,7)16-12(4)9-10-15-13(5)11(2)3/h11-13H,8-10H2,1-7H3. The first-order chi connectivity index (χ1) is 7.28. The predicted octanol–water partition coefficient (Wildman–Crippen LogP) is 5.46. The second kappa shape index (κ2) is 7.92. The highest BCUT2D eigenvalue weighted by molar-refractivity contribution is 8.01. The minimum Gasteiger partial charge on any atom is -0.159 e. The van der Waals surface area contributed by atoms with E-state index in [0.717, 1.165) is 16.4 Å². The third-order valence-corrected chi connectivity index (χ3v) is 6.32. The zero-order valence-electron chi connectivity index (χ0n) is 12.2. The van der Waals surface area contributed by atoms with Crippen molar-refractivity contribution in [3.63, 3.8) is 0 Å². The van der Waals surface area contributed by atoms with Crippen LogP contribution >= 0.6 is 23.5 Å². The fraction of sp³-hybridized carbons (Fsp3) is 1.00. The number of hydrogen-bond donors (Lipinski definition) is 0. The van der Waals surface area contributed by atoms with E-state index in [-0.39, 0.29) is 0 Å². The van der Waals surface area contributed by atoms with Gasteiger partial charge in [-0.3, -0.25) is 0 Å². The molecule has 0 N–H and O–H groups in total. The fourth-order valence-corrected chi connectivity index (χ4v) is 4.19. The van der Waals surface area contributed by atoms with Crippen LogP contribution in [0.3, 0.4) is 0 Å². The Kier molecular flexibility index (Phi) is 8.26. The quantitative estimate of drug-likeness (QED) is 0.569. The summed E-state index contributed by atoms with van der Waals surface area (Å²) in [6.45, 7) is 16.4. The lowest BCUT2D eigenvalue weighted by molar-refractivity contribution is 0.641. The van der Waals surface area contributed by atoms with Gasteiger partial charge in [-0.25, -0.2) is 0 Å². The largest absolute Gasteiger partial charge is 0.159 e. The summed E-state index contributed by atoms with van der Waals surface area (Å²) >= 11 is 4.28. The first-order valence-corrected chi connectivity index (χ1v) is 8.50. The van der Waals surface area contributed by atoms with Gasteiger partial charge in [0.05, 0.1) is 0 Å². The highest BCUT2D eigenvalue weighted by atomic mass is 32.2. The van der Waals surface area contributed by atoms with Gasteiger partial charge in [-0.1, -0.05) is 48.5 Å².